The molecule has 1 amide bonds. The second-order valence-electron chi connectivity index (χ2n) is 4.27. The van der Waals surface area contributed by atoms with Gasteiger partial charge in [0, 0.05) is 25.4 Å². The zero-order valence-corrected chi connectivity index (χ0v) is 11.2. The summed E-state index contributed by atoms with van der Waals surface area (Å²) in [7, 11) is 1.39. The summed E-state index contributed by atoms with van der Waals surface area (Å²) in [5, 5.41) is 2.85. The molecule has 0 unspecified atom stereocenters. The number of amides is 1. The predicted molar refractivity (Wildman–Crippen MR) is 71.4 cm³/mol. The van der Waals surface area contributed by atoms with E-state index in [1.165, 1.54) is 7.11 Å². The fraction of sp³-hybridized carbons (Fsp3) is 0.500. The van der Waals surface area contributed by atoms with Gasteiger partial charge >= 0.3 is 5.97 Å². The first kappa shape index (κ1) is 15.1. The van der Waals surface area contributed by atoms with Gasteiger partial charge in [-0.3, -0.25) is 14.6 Å². The molecule has 0 bridgehead atoms. The SMILES string of the molecule is COC(=O)CCCCCNC(=O)Cc1cccnc1. The maximum Gasteiger partial charge on any atom is 0.305 e. The lowest BCUT2D eigenvalue weighted by molar-refractivity contribution is -0.140. The molecule has 0 aromatic carbocycles. The molecule has 0 aliphatic carbocycles. The van der Waals surface area contributed by atoms with Crippen LogP contribution >= 0.6 is 0 Å². The third kappa shape index (κ3) is 7.18. The van der Waals surface area contributed by atoms with Crippen molar-refractivity contribution in [1.29, 1.82) is 0 Å². The molecule has 0 aliphatic rings. The molecule has 1 rings (SSSR count). The minimum atomic E-state index is -0.180. The van der Waals surface area contributed by atoms with Crippen molar-refractivity contribution in [3.8, 4) is 0 Å². The third-order valence-corrected chi connectivity index (χ3v) is 2.69. The predicted octanol–water partition coefficient (Wildman–Crippen LogP) is 1.47. The van der Waals surface area contributed by atoms with Crippen molar-refractivity contribution in [1.82, 2.24) is 10.3 Å². The minimum Gasteiger partial charge on any atom is -0.469 e. The van der Waals surface area contributed by atoms with Gasteiger partial charge in [-0.2, -0.15) is 0 Å². The van der Waals surface area contributed by atoms with Gasteiger partial charge in [-0.25, -0.2) is 0 Å². The third-order valence-electron chi connectivity index (χ3n) is 2.69. The fourth-order valence-corrected chi connectivity index (χ4v) is 1.65. The molecule has 1 aromatic heterocycles. The molecule has 0 fully saturated rings. The highest BCUT2D eigenvalue weighted by Crippen LogP contribution is 2.00. The van der Waals surface area contributed by atoms with Crippen molar-refractivity contribution in [2.45, 2.75) is 32.1 Å². The summed E-state index contributed by atoms with van der Waals surface area (Å²) < 4.78 is 4.55. The Labute approximate surface area is 113 Å². The number of carbonyl (C=O) groups excluding carboxylic acids is 2. The lowest BCUT2D eigenvalue weighted by Gasteiger charge is -2.05. The number of carbonyl (C=O) groups is 2. The van der Waals surface area contributed by atoms with E-state index in [9.17, 15) is 9.59 Å². The zero-order chi connectivity index (χ0) is 13.9. The number of methoxy groups -OCH3 is 1. The Bertz CT molecular complexity index is 393. The maximum atomic E-state index is 11.6. The Kier molecular flexibility index (Phi) is 7.24. The molecule has 0 saturated heterocycles. The topological polar surface area (TPSA) is 68.3 Å². The summed E-state index contributed by atoms with van der Waals surface area (Å²) in [5.41, 5.74) is 0.908. The van der Waals surface area contributed by atoms with Crippen LogP contribution in [0.1, 0.15) is 31.2 Å². The van der Waals surface area contributed by atoms with Crippen LogP contribution in [0, 0.1) is 0 Å². The van der Waals surface area contributed by atoms with Gasteiger partial charge in [-0.15, -0.1) is 0 Å². The molecule has 5 nitrogen and oxygen atoms in total. The van der Waals surface area contributed by atoms with Crippen LogP contribution in [0.5, 0.6) is 0 Å². The highest BCUT2D eigenvalue weighted by molar-refractivity contribution is 5.78. The summed E-state index contributed by atoms with van der Waals surface area (Å²) >= 11 is 0. The average molecular weight is 264 g/mol. The van der Waals surface area contributed by atoms with Crippen LogP contribution < -0.4 is 5.32 Å². The summed E-state index contributed by atoms with van der Waals surface area (Å²) in [6.45, 7) is 0.639. The van der Waals surface area contributed by atoms with Gasteiger partial charge in [0.1, 0.15) is 0 Å². The van der Waals surface area contributed by atoms with E-state index in [1.807, 2.05) is 12.1 Å². The summed E-state index contributed by atoms with van der Waals surface area (Å²) in [5.74, 6) is -0.179. The van der Waals surface area contributed by atoms with Crippen molar-refractivity contribution in [3.05, 3.63) is 30.1 Å². The van der Waals surface area contributed by atoms with Crippen LogP contribution in [-0.4, -0.2) is 30.5 Å². The van der Waals surface area contributed by atoms with Gasteiger partial charge in [-0.05, 0) is 24.5 Å². The van der Waals surface area contributed by atoms with E-state index >= 15 is 0 Å². The van der Waals surface area contributed by atoms with E-state index in [2.05, 4.69) is 15.0 Å². The van der Waals surface area contributed by atoms with Gasteiger partial charge in [0.25, 0.3) is 0 Å². The number of ether oxygens (including phenoxy) is 1. The highest BCUT2D eigenvalue weighted by Gasteiger charge is 2.03. The summed E-state index contributed by atoms with van der Waals surface area (Å²) in [6, 6.07) is 3.69. The first-order chi connectivity index (χ1) is 9.22. The van der Waals surface area contributed by atoms with Crippen LogP contribution in [0.3, 0.4) is 0 Å². The summed E-state index contributed by atoms with van der Waals surface area (Å²) in [6.07, 6.45) is 6.75. The molecule has 5 heteroatoms. The number of nitrogens with one attached hydrogen (secondary N) is 1. The minimum absolute atomic E-state index is 0.000896. The van der Waals surface area contributed by atoms with Crippen LogP contribution in [0.25, 0.3) is 0 Å². The largest absolute Gasteiger partial charge is 0.469 e. The lowest BCUT2D eigenvalue weighted by atomic mass is 10.2. The Morgan fingerprint density at radius 3 is 2.84 bits per heavy atom. The molecule has 19 heavy (non-hydrogen) atoms. The summed E-state index contributed by atoms with van der Waals surface area (Å²) in [4.78, 5) is 26.4. The number of rotatable bonds is 8. The quantitative estimate of drug-likeness (QED) is 0.570. The Morgan fingerprint density at radius 1 is 1.32 bits per heavy atom. The van der Waals surface area contributed by atoms with Gasteiger partial charge in [-0.1, -0.05) is 12.5 Å². The molecular formula is C14H20N2O3. The van der Waals surface area contributed by atoms with Crippen LogP contribution in [0.2, 0.25) is 0 Å². The molecule has 0 radical (unpaired) electrons. The normalized spacial score (nSPS) is 9.95. The molecule has 0 spiro atoms. The monoisotopic (exact) mass is 264 g/mol. The van der Waals surface area contributed by atoms with E-state index < -0.39 is 0 Å². The standard InChI is InChI=1S/C14H20N2O3/c1-19-14(18)7-3-2-4-9-16-13(17)10-12-6-5-8-15-11-12/h5-6,8,11H,2-4,7,9-10H2,1H3,(H,16,17). The first-order valence-corrected chi connectivity index (χ1v) is 6.45. The van der Waals surface area contributed by atoms with Crippen molar-refractivity contribution >= 4 is 11.9 Å². The van der Waals surface area contributed by atoms with Gasteiger partial charge in [0.05, 0.1) is 13.5 Å². The molecule has 1 heterocycles. The van der Waals surface area contributed by atoms with E-state index in [0.29, 0.717) is 19.4 Å². The van der Waals surface area contributed by atoms with Crippen molar-refractivity contribution in [2.24, 2.45) is 0 Å². The van der Waals surface area contributed by atoms with Crippen LogP contribution in [0.4, 0.5) is 0 Å². The van der Waals surface area contributed by atoms with Gasteiger partial charge in [0.2, 0.25) is 5.91 Å². The number of hydrogen-bond acceptors (Lipinski definition) is 4. The average Bonchev–Trinajstić information content (AvgIpc) is 2.43. The second-order valence-corrected chi connectivity index (χ2v) is 4.27. The van der Waals surface area contributed by atoms with E-state index in [-0.39, 0.29) is 11.9 Å². The number of nitrogens with zero attached hydrogens (tertiary/aromatic N) is 1. The maximum absolute atomic E-state index is 11.6. The molecule has 0 saturated carbocycles. The van der Waals surface area contributed by atoms with E-state index in [4.69, 9.17) is 0 Å². The number of unbranched alkanes of at least 4 members (excludes halogenated alkanes) is 2. The highest BCUT2D eigenvalue weighted by atomic mass is 16.5. The van der Waals surface area contributed by atoms with Crippen molar-refractivity contribution in [2.75, 3.05) is 13.7 Å². The fourth-order valence-electron chi connectivity index (χ4n) is 1.65. The first-order valence-electron chi connectivity index (χ1n) is 6.45. The number of pyridine rings is 1. The van der Waals surface area contributed by atoms with Gasteiger partial charge < -0.3 is 10.1 Å². The van der Waals surface area contributed by atoms with Crippen molar-refractivity contribution < 1.29 is 14.3 Å². The smallest absolute Gasteiger partial charge is 0.305 e. The van der Waals surface area contributed by atoms with Crippen molar-refractivity contribution in [3.63, 3.8) is 0 Å². The molecular weight excluding hydrogens is 244 g/mol. The van der Waals surface area contributed by atoms with E-state index in [1.54, 1.807) is 12.4 Å². The Balaban J connectivity index is 2.03. The Hall–Kier alpha value is -1.91. The van der Waals surface area contributed by atoms with Crippen LogP contribution in [-0.2, 0) is 20.7 Å². The second kappa shape index (κ2) is 9.08. The molecule has 1 N–H and O–H groups in total. The zero-order valence-electron chi connectivity index (χ0n) is 11.2. The molecule has 0 atom stereocenters. The molecule has 1 aromatic rings. The lowest BCUT2D eigenvalue weighted by Crippen LogP contribution is -2.26. The van der Waals surface area contributed by atoms with E-state index in [0.717, 1.165) is 24.8 Å². The van der Waals surface area contributed by atoms with Crippen LogP contribution in [0.15, 0.2) is 24.5 Å². The number of aromatic nitrogens is 1. The molecule has 0 aliphatic heterocycles. The molecule has 104 valence electrons. The number of hydrogen-bond donors (Lipinski definition) is 1. The van der Waals surface area contributed by atoms with Gasteiger partial charge in [0.15, 0.2) is 0 Å². The number of esters is 1. The Morgan fingerprint density at radius 2 is 2.16 bits per heavy atom.